The maximum absolute atomic E-state index is 11.9. The summed E-state index contributed by atoms with van der Waals surface area (Å²) in [6.45, 7) is -0.933. The third-order valence-electron chi connectivity index (χ3n) is 2.63. The molecule has 0 saturated carbocycles. The van der Waals surface area contributed by atoms with Gasteiger partial charge in [0.25, 0.3) is 5.91 Å². The molecule has 0 spiro atoms. The zero-order chi connectivity index (χ0) is 19.6. The molecule has 0 rings (SSSR count). The second-order valence-corrected chi connectivity index (χ2v) is 10.7. The zero-order valence-corrected chi connectivity index (χ0v) is 18.1. The van der Waals surface area contributed by atoms with Crippen molar-refractivity contribution in [1.82, 2.24) is 14.9 Å². The van der Waals surface area contributed by atoms with Crippen LogP contribution in [-0.4, -0.2) is 72.7 Å². The van der Waals surface area contributed by atoms with E-state index in [0.717, 1.165) is 11.8 Å². The quantitative estimate of drug-likeness (QED) is 0.141. The molecule has 0 saturated heterocycles. The number of nitrogens with one attached hydrogen (secondary N) is 2. The molecule has 25 heavy (non-hydrogen) atoms. The lowest BCUT2D eigenvalue weighted by Crippen LogP contribution is -2.40. The lowest BCUT2D eigenvalue weighted by atomic mass is 10.6. The number of nitrogens with zero attached hydrogens (tertiary/aromatic N) is 2. The SMILES string of the molecule is COP(=S)(OC)C(C)N[S+]([O-])CNC(=O)ON=C(SC)C(=O)N(C)C. The Bertz CT molecular complexity index is 528. The summed E-state index contributed by atoms with van der Waals surface area (Å²) >= 11 is 4.60. The molecule has 0 aromatic rings. The average molecular weight is 435 g/mol. The van der Waals surface area contributed by atoms with Crippen molar-refractivity contribution in [3.05, 3.63) is 0 Å². The Morgan fingerprint density at radius 1 is 1.40 bits per heavy atom. The smallest absolute Gasteiger partial charge is 0.437 e. The van der Waals surface area contributed by atoms with Crippen LogP contribution in [0, 0.1) is 0 Å². The van der Waals surface area contributed by atoms with Gasteiger partial charge in [-0.3, -0.25) is 14.9 Å². The number of oxime groups is 1. The highest BCUT2D eigenvalue weighted by molar-refractivity contribution is 8.15. The van der Waals surface area contributed by atoms with Crippen molar-refractivity contribution in [3.8, 4) is 0 Å². The van der Waals surface area contributed by atoms with Crippen LogP contribution in [0.1, 0.15) is 6.92 Å². The van der Waals surface area contributed by atoms with Crippen LogP contribution < -0.4 is 10.0 Å². The highest BCUT2D eigenvalue weighted by Crippen LogP contribution is 2.50. The third-order valence-corrected chi connectivity index (χ3v) is 8.40. The molecular formula is C11H23N4O6PS3. The number of rotatable bonds is 8. The standard InChI is InChI=1S/C11H23N4O6PS3/c1-8(22(23,19-4)20-5)14-25(18)7-12-11(17)21-13-9(24-6)10(16)15(2)3/h8,14H,7H2,1-6H3,(H,12,17). The summed E-state index contributed by atoms with van der Waals surface area (Å²) in [6.07, 6.45) is 0.677. The summed E-state index contributed by atoms with van der Waals surface area (Å²) in [6, 6.07) is 0. The maximum Gasteiger partial charge on any atom is 0.437 e. The van der Waals surface area contributed by atoms with Gasteiger partial charge >= 0.3 is 6.09 Å². The summed E-state index contributed by atoms with van der Waals surface area (Å²) in [5, 5.41) is 5.74. The van der Waals surface area contributed by atoms with Crippen LogP contribution >= 0.6 is 18.3 Å². The van der Waals surface area contributed by atoms with E-state index in [1.807, 2.05) is 0 Å². The molecule has 10 nitrogen and oxygen atoms in total. The normalized spacial score (nSPS) is 14.6. The van der Waals surface area contributed by atoms with E-state index in [4.69, 9.17) is 20.9 Å². The van der Waals surface area contributed by atoms with Crippen molar-refractivity contribution >= 4 is 58.5 Å². The number of carbonyl (C=O) groups is 2. The Balaban J connectivity index is 4.46. The first-order valence-corrected chi connectivity index (χ1v) is 12.0. The lowest BCUT2D eigenvalue weighted by Gasteiger charge is -2.25. The minimum absolute atomic E-state index is 0.00824. The molecular weight excluding hydrogens is 411 g/mol. The predicted octanol–water partition coefficient (Wildman–Crippen LogP) is 0.636. The molecule has 146 valence electrons. The topological polar surface area (TPSA) is 125 Å². The summed E-state index contributed by atoms with van der Waals surface area (Å²) in [5.41, 5.74) is 0. The first kappa shape index (κ1) is 24.6. The lowest BCUT2D eigenvalue weighted by molar-refractivity contribution is -0.121. The molecule has 0 aromatic carbocycles. The van der Waals surface area contributed by atoms with Crippen molar-refractivity contribution in [2.24, 2.45) is 5.16 Å². The molecule has 0 aliphatic carbocycles. The van der Waals surface area contributed by atoms with Gasteiger partial charge < -0.3 is 18.5 Å². The van der Waals surface area contributed by atoms with E-state index in [1.165, 1.54) is 19.1 Å². The molecule has 0 heterocycles. The van der Waals surface area contributed by atoms with Crippen LogP contribution in [0.2, 0.25) is 0 Å². The van der Waals surface area contributed by atoms with Gasteiger partial charge in [0, 0.05) is 28.3 Å². The van der Waals surface area contributed by atoms with Crippen molar-refractivity contribution in [2.75, 3.05) is 40.4 Å². The highest BCUT2D eigenvalue weighted by Gasteiger charge is 2.29. The minimum Gasteiger partial charge on any atom is -0.597 e. The highest BCUT2D eigenvalue weighted by atomic mass is 32.5. The Hall–Kier alpha value is -0.400. The van der Waals surface area contributed by atoms with Gasteiger partial charge in [-0.25, -0.2) is 4.79 Å². The van der Waals surface area contributed by atoms with Gasteiger partial charge in [0.05, 0.1) is 11.4 Å². The van der Waals surface area contributed by atoms with Crippen LogP contribution in [0.15, 0.2) is 5.16 Å². The zero-order valence-electron chi connectivity index (χ0n) is 14.8. The van der Waals surface area contributed by atoms with Crippen LogP contribution in [0.5, 0.6) is 0 Å². The monoisotopic (exact) mass is 434 g/mol. The number of carbonyl (C=O) groups excluding carboxylic acids is 2. The molecule has 0 aliphatic heterocycles. The molecule has 2 amide bonds. The van der Waals surface area contributed by atoms with E-state index >= 15 is 0 Å². The van der Waals surface area contributed by atoms with E-state index in [2.05, 4.69) is 20.0 Å². The summed E-state index contributed by atoms with van der Waals surface area (Å²) in [4.78, 5) is 29.1. The molecule has 14 heteroatoms. The molecule has 0 fully saturated rings. The number of hydrogen-bond donors (Lipinski definition) is 2. The molecule has 2 atom stereocenters. The van der Waals surface area contributed by atoms with Gasteiger partial charge in [-0.15, -0.1) is 16.5 Å². The molecule has 0 radical (unpaired) electrons. The number of amides is 2. The van der Waals surface area contributed by atoms with Gasteiger partial charge in [0.15, 0.2) is 0 Å². The Morgan fingerprint density at radius 3 is 2.40 bits per heavy atom. The van der Waals surface area contributed by atoms with Crippen molar-refractivity contribution in [1.29, 1.82) is 0 Å². The van der Waals surface area contributed by atoms with Crippen LogP contribution in [0.3, 0.4) is 0 Å². The van der Waals surface area contributed by atoms with Gasteiger partial charge in [-0.2, -0.15) is 0 Å². The molecule has 2 N–H and O–H groups in total. The van der Waals surface area contributed by atoms with Crippen molar-refractivity contribution in [2.45, 2.75) is 12.7 Å². The average Bonchev–Trinajstić information content (AvgIpc) is 2.59. The predicted molar refractivity (Wildman–Crippen MR) is 103 cm³/mol. The van der Waals surface area contributed by atoms with E-state index in [9.17, 15) is 14.1 Å². The number of hydrogen-bond acceptors (Lipinski definition) is 10. The van der Waals surface area contributed by atoms with Crippen LogP contribution in [-0.2, 0) is 41.8 Å². The van der Waals surface area contributed by atoms with Gasteiger partial charge in [-0.1, -0.05) is 5.16 Å². The molecule has 0 bridgehead atoms. The number of thioether (sulfide) groups is 1. The van der Waals surface area contributed by atoms with E-state index in [0.29, 0.717) is 0 Å². The Morgan fingerprint density at radius 2 is 1.96 bits per heavy atom. The minimum atomic E-state index is -2.61. The fraction of sp³-hybridized carbons (Fsp3) is 0.727. The van der Waals surface area contributed by atoms with Gasteiger partial charge in [-0.05, 0) is 25.0 Å². The Labute approximate surface area is 159 Å². The summed E-state index contributed by atoms with van der Waals surface area (Å²) in [7, 11) is 5.92. The molecule has 0 aromatic heterocycles. The third kappa shape index (κ3) is 8.69. The fourth-order valence-corrected chi connectivity index (χ4v) is 4.50. The fourth-order valence-electron chi connectivity index (χ4n) is 1.28. The second-order valence-electron chi connectivity index (χ2n) is 4.54. The van der Waals surface area contributed by atoms with E-state index in [-0.39, 0.29) is 10.9 Å². The Kier molecular flexibility index (Phi) is 11.9. The first-order chi connectivity index (χ1) is 11.6. The van der Waals surface area contributed by atoms with Gasteiger partial charge in [0.1, 0.15) is 5.78 Å². The maximum atomic E-state index is 11.9. The second kappa shape index (κ2) is 12.1. The van der Waals surface area contributed by atoms with E-state index < -0.39 is 35.6 Å². The summed E-state index contributed by atoms with van der Waals surface area (Å²) in [5.74, 6) is -1.14. The van der Waals surface area contributed by atoms with Gasteiger partial charge in [0.2, 0.25) is 17.4 Å². The van der Waals surface area contributed by atoms with Crippen LogP contribution in [0.4, 0.5) is 4.79 Å². The summed E-state index contributed by atoms with van der Waals surface area (Å²) < 4.78 is 24.9. The van der Waals surface area contributed by atoms with Crippen LogP contribution in [0.25, 0.3) is 0 Å². The molecule has 2 unspecified atom stereocenters. The molecule has 0 aliphatic rings. The van der Waals surface area contributed by atoms with Crippen molar-refractivity contribution in [3.63, 3.8) is 0 Å². The van der Waals surface area contributed by atoms with E-state index in [1.54, 1.807) is 27.3 Å². The first-order valence-electron chi connectivity index (χ1n) is 6.75. The van der Waals surface area contributed by atoms with Crippen molar-refractivity contribution < 1.29 is 28.0 Å². The largest absolute Gasteiger partial charge is 0.597 e.